The Morgan fingerprint density at radius 1 is 1.75 bits per heavy atom. The molecule has 0 aliphatic carbocycles. The van der Waals surface area contributed by atoms with Crippen molar-refractivity contribution in [3.05, 3.63) is 6.42 Å². The van der Waals surface area contributed by atoms with Gasteiger partial charge in [0.2, 0.25) is 10.0 Å². The molecule has 0 spiro atoms. The van der Waals surface area contributed by atoms with Gasteiger partial charge < -0.3 is 0 Å². The largest absolute Gasteiger partial charge is 0.213 e. The maximum Gasteiger partial charge on any atom is 0.209 e. The normalized spacial score (nSPS) is 10.5. The van der Waals surface area contributed by atoms with Crippen LogP contribution in [0.15, 0.2) is 0 Å². The summed E-state index contributed by atoms with van der Waals surface area (Å²) in [6.45, 7) is -0.0428. The zero-order valence-corrected chi connectivity index (χ0v) is 5.25. The number of hydrogen-bond donors (Lipinski definition) is 1. The minimum atomic E-state index is -3.12. The predicted octanol–water partition coefficient (Wildman–Crippen LogP) is -0.875. The maximum atomic E-state index is 10.2. The molecule has 8 heavy (non-hydrogen) atoms. The molecule has 0 fully saturated rings. The Hall–Kier alpha value is -0.530. The van der Waals surface area contributed by atoms with Crippen LogP contribution in [0.4, 0.5) is 0 Å². The van der Waals surface area contributed by atoms with Crippen molar-refractivity contribution in [2.75, 3.05) is 12.8 Å². The molecule has 0 saturated carbocycles. The molecule has 0 atom stereocenters. The summed E-state index contributed by atoms with van der Waals surface area (Å²) in [7, 11) is -3.12. The van der Waals surface area contributed by atoms with Gasteiger partial charge in [0.05, 0.1) is 12.8 Å². The Labute approximate surface area is 49.1 Å². The number of sulfonamides is 1. The second-order valence-corrected chi connectivity index (χ2v) is 3.10. The van der Waals surface area contributed by atoms with E-state index in [0.29, 0.717) is 0 Å². The summed E-state index contributed by atoms with van der Waals surface area (Å²) < 4.78 is 22.4. The highest BCUT2D eigenvalue weighted by Crippen LogP contribution is 1.68. The van der Waals surface area contributed by atoms with Gasteiger partial charge in [-0.05, 0) is 6.42 Å². The molecule has 0 heterocycles. The highest BCUT2D eigenvalue weighted by molar-refractivity contribution is 7.88. The minimum absolute atomic E-state index is 0.0428. The van der Waals surface area contributed by atoms with Crippen LogP contribution in [0.1, 0.15) is 0 Å². The first kappa shape index (κ1) is 7.47. The highest BCUT2D eigenvalue weighted by Gasteiger charge is 1.94. The van der Waals surface area contributed by atoms with E-state index >= 15 is 0 Å². The molecule has 0 rings (SSSR count). The quantitative estimate of drug-likeness (QED) is 0.496. The summed E-state index contributed by atoms with van der Waals surface area (Å²) >= 11 is 0. The Balaban J connectivity index is 3.63. The summed E-state index contributed by atoms with van der Waals surface area (Å²) in [6, 6.07) is 0. The van der Waals surface area contributed by atoms with Crippen molar-refractivity contribution in [1.82, 2.24) is 4.72 Å². The first-order valence-electron chi connectivity index (χ1n) is 1.90. The SMILES string of the molecule is [C]#CCNS(C)(=O)=O. The van der Waals surface area contributed by atoms with Crippen LogP contribution in [0.2, 0.25) is 0 Å². The van der Waals surface area contributed by atoms with Crippen LogP contribution in [0.5, 0.6) is 0 Å². The van der Waals surface area contributed by atoms with E-state index in [1.165, 1.54) is 0 Å². The molecule has 0 aromatic carbocycles. The van der Waals surface area contributed by atoms with E-state index in [1.54, 1.807) is 0 Å². The molecule has 0 aromatic rings. The first-order valence-corrected chi connectivity index (χ1v) is 3.79. The van der Waals surface area contributed by atoms with E-state index in [9.17, 15) is 8.42 Å². The number of nitrogens with one attached hydrogen (secondary N) is 1. The third-order valence-corrected chi connectivity index (χ3v) is 1.09. The lowest BCUT2D eigenvalue weighted by Gasteiger charge is -1.91. The van der Waals surface area contributed by atoms with Crippen molar-refractivity contribution in [3.8, 4) is 5.92 Å². The maximum absolute atomic E-state index is 10.2. The van der Waals surface area contributed by atoms with Crippen LogP contribution in [0.3, 0.4) is 0 Å². The average molecular weight is 132 g/mol. The second-order valence-electron chi connectivity index (χ2n) is 1.27. The molecule has 0 aliphatic rings. The van der Waals surface area contributed by atoms with Gasteiger partial charge in [-0.3, -0.25) is 0 Å². The van der Waals surface area contributed by atoms with E-state index < -0.39 is 10.0 Å². The summed E-state index contributed by atoms with van der Waals surface area (Å²) in [5, 5.41) is 0. The lowest BCUT2D eigenvalue weighted by molar-refractivity contribution is 0.592. The Morgan fingerprint density at radius 2 is 2.25 bits per heavy atom. The molecule has 1 radical (unpaired) electrons. The van der Waals surface area contributed by atoms with Gasteiger partial charge in [0.25, 0.3) is 0 Å². The number of hydrogen-bond acceptors (Lipinski definition) is 2. The van der Waals surface area contributed by atoms with Gasteiger partial charge in [-0.1, -0.05) is 5.92 Å². The Kier molecular flexibility index (Phi) is 2.52. The van der Waals surface area contributed by atoms with Crippen LogP contribution in [-0.2, 0) is 10.0 Å². The van der Waals surface area contributed by atoms with Gasteiger partial charge in [-0.25, -0.2) is 13.1 Å². The van der Waals surface area contributed by atoms with Gasteiger partial charge in [-0.2, -0.15) is 0 Å². The molecule has 3 nitrogen and oxygen atoms in total. The van der Waals surface area contributed by atoms with Crippen LogP contribution in [0, 0.1) is 12.3 Å². The van der Waals surface area contributed by atoms with E-state index in [1.807, 2.05) is 10.6 Å². The van der Waals surface area contributed by atoms with Gasteiger partial charge in [0.15, 0.2) is 0 Å². The van der Waals surface area contributed by atoms with E-state index in [0.717, 1.165) is 6.26 Å². The van der Waals surface area contributed by atoms with Crippen molar-refractivity contribution >= 4 is 10.0 Å². The molecule has 0 amide bonds. The van der Waals surface area contributed by atoms with Crippen LogP contribution in [0.25, 0.3) is 0 Å². The molecular weight excluding hydrogens is 126 g/mol. The molecule has 0 aromatic heterocycles. The topological polar surface area (TPSA) is 46.2 Å². The second kappa shape index (κ2) is 2.70. The fraction of sp³-hybridized carbons (Fsp3) is 0.500. The molecular formula is C4H6NO2S. The fourth-order valence-corrected chi connectivity index (χ4v) is 0.502. The van der Waals surface area contributed by atoms with Crippen molar-refractivity contribution in [2.24, 2.45) is 0 Å². The van der Waals surface area contributed by atoms with E-state index in [4.69, 9.17) is 6.42 Å². The lowest BCUT2D eigenvalue weighted by Crippen LogP contribution is -2.21. The van der Waals surface area contributed by atoms with E-state index in [-0.39, 0.29) is 6.54 Å². The summed E-state index contributed by atoms with van der Waals surface area (Å²) in [6.07, 6.45) is 7.34. The van der Waals surface area contributed by atoms with Crippen LogP contribution >= 0.6 is 0 Å². The predicted molar refractivity (Wildman–Crippen MR) is 30.0 cm³/mol. The molecule has 45 valence electrons. The lowest BCUT2D eigenvalue weighted by atomic mass is 10.7. The van der Waals surface area contributed by atoms with Crippen molar-refractivity contribution in [3.63, 3.8) is 0 Å². The monoisotopic (exact) mass is 132 g/mol. The van der Waals surface area contributed by atoms with Crippen molar-refractivity contribution in [2.45, 2.75) is 0 Å². The van der Waals surface area contributed by atoms with Crippen molar-refractivity contribution < 1.29 is 8.42 Å². The van der Waals surface area contributed by atoms with Gasteiger partial charge in [-0.15, -0.1) is 0 Å². The van der Waals surface area contributed by atoms with Crippen molar-refractivity contribution in [1.29, 1.82) is 0 Å². The highest BCUT2D eigenvalue weighted by atomic mass is 32.2. The smallest absolute Gasteiger partial charge is 0.209 e. The number of rotatable bonds is 2. The van der Waals surface area contributed by atoms with Gasteiger partial charge in [0, 0.05) is 0 Å². The minimum Gasteiger partial charge on any atom is -0.213 e. The fourth-order valence-electron chi connectivity index (χ4n) is 0.167. The summed E-state index contributed by atoms with van der Waals surface area (Å²) in [5.41, 5.74) is 0. The molecule has 0 saturated heterocycles. The zero-order valence-electron chi connectivity index (χ0n) is 4.43. The average Bonchev–Trinajstić information content (AvgIpc) is 1.59. The standard InChI is InChI=1S/C4H6NO2S/c1-3-4-5-8(2,6)7/h5H,4H2,2H3. The Morgan fingerprint density at radius 3 is 2.38 bits per heavy atom. The first-order chi connectivity index (χ1) is 3.56. The molecule has 1 N–H and O–H groups in total. The molecule has 4 heteroatoms. The van der Waals surface area contributed by atoms with Crippen LogP contribution < -0.4 is 4.72 Å². The van der Waals surface area contributed by atoms with Gasteiger partial charge >= 0.3 is 0 Å². The summed E-state index contributed by atoms with van der Waals surface area (Å²) in [5.74, 6) is 1.88. The van der Waals surface area contributed by atoms with Crippen LogP contribution in [-0.4, -0.2) is 21.2 Å². The third kappa shape index (κ3) is 5.47. The Bertz CT molecular complexity index is 187. The molecule has 0 aliphatic heterocycles. The molecule has 0 bridgehead atoms. The van der Waals surface area contributed by atoms with Gasteiger partial charge in [0.1, 0.15) is 0 Å². The summed E-state index contributed by atoms with van der Waals surface area (Å²) in [4.78, 5) is 0. The van der Waals surface area contributed by atoms with E-state index in [2.05, 4.69) is 0 Å². The molecule has 0 unspecified atom stereocenters. The zero-order chi connectivity index (χ0) is 6.62. The third-order valence-electron chi connectivity index (χ3n) is 0.423.